The average Bonchev–Trinajstić information content (AvgIpc) is 2.30. The number of rotatable bonds is 11. The van der Waals surface area contributed by atoms with E-state index < -0.39 is 21.3 Å². The molecular formula is C13H26F2O3S. The molecule has 0 aliphatic carbocycles. The molecule has 0 aromatic carbocycles. The monoisotopic (exact) mass is 300 g/mol. The quantitative estimate of drug-likeness (QED) is 0.447. The number of hydrogen-bond donors (Lipinski definition) is 1. The highest BCUT2D eigenvalue weighted by atomic mass is 32.2. The molecule has 0 aliphatic heterocycles. The zero-order valence-electron chi connectivity index (χ0n) is 11.9. The van der Waals surface area contributed by atoms with Crippen molar-refractivity contribution in [2.45, 2.75) is 76.9 Å². The fourth-order valence-electron chi connectivity index (χ4n) is 2.21. The van der Waals surface area contributed by atoms with Gasteiger partial charge in [-0.25, -0.2) is 0 Å². The summed E-state index contributed by atoms with van der Waals surface area (Å²) in [7, 11) is -5.31. The van der Waals surface area contributed by atoms with Gasteiger partial charge in [0.25, 0.3) is 0 Å². The van der Waals surface area contributed by atoms with E-state index in [1.807, 2.05) is 0 Å². The van der Waals surface area contributed by atoms with Gasteiger partial charge < -0.3 is 0 Å². The standard InChI is InChI=1S/C13H26F2O3S/c1-3-5-6-7-8-9-11-12(10-4-2)13(14,15)19(16,17)18/h12H,3-11H2,1-2H3,(H,16,17,18). The molecule has 1 N–H and O–H groups in total. The molecular weight excluding hydrogens is 274 g/mol. The van der Waals surface area contributed by atoms with Crippen LogP contribution in [0.1, 0.15) is 71.6 Å². The van der Waals surface area contributed by atoms with Crippen LogP contribution in [0.3, 0.4) is 0 Å². The predicted octanol–water partition coefficient (Wildman–Crippen LogP) is 4.63. The van der Waals surface area contributed by atoms with Gasteiger partial charge in [0.1, 0.15) is 0 Å². The first-order chi connectivity index (χ1) is 8.77. The van der Waals surface area contributed by atoms with Crippen LogP contribution in [-0.2, 0) is 10.1 Å². The van der Waals surface area contributed by atoms with Crippen molar-refractivity contribution < 1.29 is 21.8 Å². The van der Waals surface area contributed by atoms with E-state index in [0.717, 1.165) is 32.1 Å². The highest BCUT2D eigenvalue weighted by Gasteiger charge is 2.50. The van der Waals surface area contributed by atoms with Gasteiger partial charge in [-0.15, -0.1) is 0 Å². The fourth-order valence-corrected chi connectivity index (χ4v) is 2.87. The highest BCUT2D eigenvalue weighted by molar-refractivity contribution is 7.86. The number of hydrogen-bond acceptors (Lipinski definition) is 2. The summed E-state index contributed by atoms with van der Waals surface area (Å²) < 4.78 is 57.3. The molecule has 1 unspecified atom stereocenters. The molecule has 0 heterocycles. The molecule has 1 atom stereocenters. The van der Waals surface area contributed by atoms with Crippen LogP contribution in [0.5, 0.6) is 0 Å². The summed E-state index contributed by atoms with van der Waals surface area (Å²) in [6.07, 6.45) is 6.49. The second kappa shape index (κ2) is 8.84. The average molecular weight is 300 g/mol. The Morgan fingerprint density at radius 3 is 1.95 bits per heavy atom. The summed E-state index contributed by atoms with van der Waals surface area (Å²) in [6.45, 7) is 3.83. The summed E-state index contributed by atoms with van der Waals surface area (Å²) in [5.41, 5.74) is 0. The zero-order valence-corrected chi connectivity index (χ0v) is 12.7. The maximum absolute atomic E-state index is 13.6. The number of halogens is 2. The first-order valence-corrected chi connectivity index (χ1v) is 8.56. The van der Waals surface area contributed by atoms with E-state index in [9.17, 15) is 17.2 Å². The van der Waals surface area contributed by atoms with Crippen LogP contribution in [0.2, 0.25) is 0 Å². The summed E-state index contributed by atoms with van der Waals surface area (Å²) in [5.74, 6) is -1.28. The Balaban J connectivity index is 4.27. The second-order valence-electron chi connectivity index (χ2n) is 5.08. The Morgan fingerprint density at radius 2 is 1.47 bits per heavy atom. The molecule has 0 bridgehead atoms. The Hall–Kier alpha value is -0.230. The highest BCUT2D eigenvalue weighted by Crippen LogP contribution is 2.36. The molecule has 3 nitrogen and oxygen atoms in total. The Bertz CT molecular complexity index is 329. The maximum Gasteiger partial charge on any atom is 0.372 e. The lowest BCUT2D eigenvalue weighted by molar-refractivity contribution is 0.00831. The van der Waals surface area contributed by atoms with Crippen molar-refractivity contribution >= 4 is 10.1 Å². The molecule has 0 aromatic rings. The fraction of sp³-hybridized carbons (Fsp3) is 1.00. The molecule has 0 spiro atoms. The molecule has 0 aromatic heterocycles. The normalized spacial score (nSPS) is 14.6. The molecule has 6 heteroatoms. The molecule has 0 fully saturated rings. The zero-order chi connectivity index (χ0) is 14.9. The van der Waals surface area contributed by atoms with Gasteiger partial charge in [-0.1, -0.05) is 58.8 Å². The van der Waals surface area contributed by atoms with Gasteiger partial charge in [-0.2, -0.15) is 17.2 Å². The van der Waals surface area contributed by atoms with Gasteiger partial charge in [0.2, 0.25) is 0 Å². The van der Waals surface area contributed by atoms with E-state index in [2.05, 4.69) is 6.92 Å². The largest absolute Gasteiger partial charge is 0.372 e. The summed E-state index contributed by atoms with van der Waals surface area (Å²) in [6, 6.07) is 0. The number of alkyl halides is 2. The van der Waals surface area contributed by atoms with Crippen molar-refractivity contribution in [2.24, 2.45) is 5.92 Å². The third-order valence-electron chi connectivity index (χ3n) is 3.36. The van der Waals surface area contributed by atoms with Gasteiger partial charge in [-0.05, 0) is 12.8 Å². The van der Waals surface area contributed by atoms with Gasteiger partial charge >= 0.3 is 15.4 Å². The first kappa shape index (κ1) is 18.8. The third kappa shape index (κ3) is 6.65. The molecule has 0 saturated carbocycles. The van der Waals surface area contributed by atoms with E-state index in [1.54, 1.807) is 6.92 Å². The molecule has 19 heavy (non-hydrogen) atoms. The lowest BCUT2D eigenvalue weighted by atomic mass is 9.96. The van der Waals surface area contributed by atoms with Gasteiger partial charge in [0.05, 0.1) is 0 Å². The van der Waals surface area contributed by atoms with Crippen molar-refractivity contribution in [1.29, 1.82) is 0 Å². The minimum Gasteiger partial charge on any atom is -0.281 e. The third-order valence-corrected chi connectivity index (χ3v) is 4.38. The molecule has 116 valence electrons. The Labute approximate surface area is 115 Å². The van der Waals surface area contributed by atoms with Gasteiger partial charge in [-0.3, -0.25) is 4.55 Å². The van der Waals surface area contributed by atoms with Crippen LogP contribution in [0, 0.1) is 5.92 Å². The van der Waals surface area contributed by atoms with Crippen molar-refractivity contribution in [3.05, 3.63) is 0 Å². The Morgan fingerprint density at radius 1 is 0.947 bits per heavy atom. The SMILES string of the molecule is CCCCCCCCC(CCC)C(F)(F)S(=O)(=O)O. The van der Waals surface area contributed by atoms with E-state index in [4.69, 9.17) is 4.55 Å². The van der Waals surface area contributed by atoms with E-state index in [0.29, 0.717) is 12.8 Å². The van der Waals surface area contributed by atoms with Gasteiger partial charge in [0.15, 0.2) is 0 Å². The predicted molar refractivity (Wildman–Crippen MR) is 72.9 cm³/mol. The lowest BCUT2D eigenvalue weighted by Crippen LogP contribution is -2.37. The summed E-state index contributed by atoms with van der Waals surface area (Å²) in [5, 5.41) is -4.02. The Kier molecular flexibility index (Phi) is 8.74. The molecule has 0 aliphatic rings. The van der Waals surface area contributed by atoms with Crippen molar-refractivity contribution in [3.63, 3.8) is 0 Å². The maximum atomic E-state index is 13.6. The van der Waals surface area contributed by atoms with Crippen molar-refractivity contribution in [1.82, 2.24) is 0 Å². The van der Waals surface area contributed by atoms with Crippen molar-refractivity contribution in [3.8, 4) is 0 Å². The minimum atomic E-state index is -5.31. The molecule has 0 saturated heterocycles. The molecule has 0 radical (unpaired) electrons. The van der Waals surface area contributed by atoms with E-state index in [-0.39, 0.29) is 12.8 Å². The van der Waals surface area contributed by atoms with Crippen LogP contribution in [0.4, 0.5) is 8.78 Å². The van der Waals surface area contributed by atoms with Crippen LogP contribution in [0.25, 0.3) is 0 Å². The van der Waals surface area contributed by atoms with Crippen molar-refractivity contribution in [2.75, 3.05) is 0 Å². The summed E-state index contributed by atoms with van der Waals surface area (Å²) >= 11 is 0. The second-order valence-corrected chi connectivity index (χ2v) is 6.57. The first-order valence-electron chi connectivity index (χ1n) is 7.12. The smallest absolute Gasteiger partial charge is 0.281 e. The van der Waals surface area contributed by atoms with Crippen LogP contribution >= 0.6 is 0 Å². The number of unbranched alkanes of at least 4 members (excludes halogenated alkanes) is 5. The lowest BCUT2D eigenvalue weighted by Gasteiger charge is -2.23. The van der Waals surface area contributed by atoms with E-state index >= 15 is 0 Å². The van der Waals surface area contributed by atoms with Crippen LogP contribution in [0.15, 0.2) is 0 Å². The van der Waals surface area contributed by atoms with Crippen LogP contribution in [-0.4, -0.2) is 18.2 Å². The summed E-state index contributed by atoms with van der Waals surface area (Å²) in [4.78, 5) is 0. The molecule has 0 rings (SSSR count). The van der Waals surface area contributed by atoms with E-state index in [1.165, 1.54) is 0 Å². The molecule has 0 amide bonds. The minimum absolute atomic E-state index is 0.113. The topological polar surface area (TPSA) is 54.4 Å². The van der Waals surface area contributed by atoms with Crippen LogP contribution < -0.4 is 0 Å². The van der Waals surface area contributed by atoms with Gasteiger partial charge in [0, 0.05) is 5.92 Å².